The van der Waals surface area contributed by atoms with Crippen LogP contribution in [-0.4, -0.2) is 20.5 Å². The maximum absolute atomic E-state index is 14.6. The van der Waals surface area contributed by atoms with Gasteiger partial charge in [-0.3, -0.25) is 9.56 Å². The van der Waals surface area contributed by atoms with Crippen molar-refractivity contribution in [1.29, 1.82) is 0 Å². The highest BCUT2D eigenvalue weighted by Crippen LogP contribution is 2.46. The molecular formula is C20H15ClF2N4. The average molecular weight is 385 g/mol. The smallest absolute Gasteiger partial charge is 0.159 e. The van der Waals surface area contributed by atoms with E-state index < -0.39 is 11.6 Å². The number of fused-ring (bicyclic) bond motifs is 3. The number of benzene rings is 2. The van der Waals surface area contributed by atoms with Crippen LogP contribution in [0.25, 0.3) is 5.69 Å². The van der Waals surface area contributed by atoms with E-state index in [0.717, 1.165) is 18.4 Å². The minimum Gasteiger partial charge on any atom is -0.281 e. The van der Waals surface area contributed by atoms with E-state index in [4.69, 9.17) is 11.6 Å². The van der Waals surface area contributed by atoms with E-state index in [1.807, 2.05) is 23.6 Å². The largest absolute Gasteiger partial charge is 0.281 e. The van der Waals surface area contributed by atoms with Crippen LogP contribution in [0.1, 0.15) is 47.1 Å². The minimum absolute atomic E-state index is 0.160. The van der Waals surface area contributed by atoms with Crippen LogP contribution >= 0.6 is 11.6 Å². The predicted molar refractivity (Wildman–Crippen MR) is 98.8 cm³/mol. The normalized spacial score (nSPS) is 15.8. The maximum atomic E-state index is 14.6. The van der Waals surface area contributed by atoms with Crippen molar-refractivity contribution in [2.45, 2.75) is 32.2 Å². The lowest BCUT2D eigenvalue weighted by atomic mass is 9.96. The molecule has 0 amide bonds. The van der Waals surface area contributed by atoms with E-state index in [2.05, 4.69) is 15.2 Å². The lowest BCUT2D eigenvalue weighted by molar-refractivity contribution is 0.579. The Labute approximate surface area is 159 Å². The number of aliphatic imine (C=N–C) groups is 1. The third-order valence-corrected chi connectivity index (χ3v) is 5.52. The number of hydrogen-bond donors (Lipinski definition) is 0. The molecule has 7 heteroatoms. The molecular weight excluding hydrogens is 370 g/mol. The molecule has 136 valence electrons. The first kappa shape index (κ1) is 16.6. The fourth-order valence-electron chi connectivity index (χ4n) is 3.68. The summed E-state index contributed by atoms with van der Waals surface area (Å²) in [4.78, 5) is 4.52. The van der Waals surface area contributed by atoms with Crippen molar-refractivity contribution in [2.75, 3.05) is 0 Å². The highest BCUT2D eigenvalue weighted by Gasteiger charge is 2.32. The monoisotopic (exact) mass is 384 g/mol. The van der Waals surface area contributed by atoms with E-state index in [1.54, 1.807) is 0 Å². The van der Waals surface area contributed by atoms with Gasteiger partial charge in [0.05, 0.1) is 22.0 Å². The Morgan fingerprint density at radius 2 is 1.78 bits per heavy atom. The zero-order valence-electron chi connectivity index (χ0n) is 14.5. The van der Waals surface area contributed by atoms with Crippen molar-refractivity contribution in [1.82, 2.24) is 14.8 Å². The third kappa shape index (κ3) is 2.51. The molecule has 3 aromatic rings. The molecule has 1 aliphatic heterocycles. The van der Waals surface area contributed by atoms with Gasteiger partial charge in [0.1, 0.15) is 24.0 Å². The fourth-order valence-corrected chi connectivity index (χ4v) is 4.09. The number of nitrogens with zero attached hydrogens (tertiary/aromatic N) is 4. The summed E-state index contributed by atoms with van der Waals surface area (Å²) < 4.78 is 31.1. The van der Waals surface area contributed by atoms with Crippen molar-refractivity contribution in [3.8, 4) is 5.69 Å². The molecule has 0 bridgehead atoms. The second-order valence-corrected chi connectivity index (χ2v) is 7.28. The molecule has 1 aliphatic carbocycles. The summed E-state index contributed by atoms with van der Waals surface area (Å²) in [6.45, 7) is 1.99. The first-order valence-corrected chi connectivity index (χ1v) is 9.17. The van der Waals surface area contributed by atoms with Crippen LogP contribution in [0.3, 0.4) is 0 Å². The summed E-state index contributed by atoms with van der Waals surface area (Å²) in [7, 11) is 0. The van der Waals surface area contributed by atoms with Gasteiger partial charge in [0.15, 0.2) is 5.82 Å². The first-order valence-electron chi connectivity index (χ1n) is 8.79. The van der Waals surface area contributed by atoms with Gasteiger partial charge >= 0.3 is 0 Å². The number of aromatic nitrogens is 3. The third-order valence-electron chi connectivity index (χ3n) is 5.11. The molecule has 0 unspecified atom stereocenters. The molecule has 2 aromatic carbocycles. The van der Waals surface area contributed by atoms with Crippen LogP contribution in [0, 0.1) is 18.6 Å². The Morgan fingerprint density at radius 3 is 2.48 bits per heavy atom. The Morgan fingerprint density at radius 1 is 1.04 bits per heavy atom. The van der Waals surface area contributed by atoms with Crippen molar-refractivity contribution in [2.24, 2.45) is 4.99 Å². The Kier molecular flexibility index (Phi) is 3.65. The molecule has 1 fully saturated rings. The van der Waals surface area contributed by atoms with Crippen molar-refractivity contribution < 1.29 is 8.78 Å². The Bertz CT molecular complexity index is 1100. The number of halogens is 3. The lowest BCUT2D eigenvalue weighted by Crippen LogP contribution is -2.13. The molecule has 1 aromatic heterocycles. The quantitative estimate of drug-likeness (QED) is 0.640. The van der Waals surface area contributed by atoms with Gasteiger partial charge in [-0.15, -0.1) is 10.2 Å². The van der Waals surface area contributed by atoms with Crippen LogP contribution in [0.5, 0.6) is 0 Å². The summed E-state index contributed by atoms with van der Waals surface area (Å²) in [6.07, 6.45) is 2.13. The highest BCUT2D eigenvalue weighted by molar-refractivity contribution is 6.37. The molecule has 0 N–H and O–H groups in total. The number of hydrogen-bond acceptors (Lipinski definition) is 3. The fraction of sp³-hybridized carbons (Fsp3) is 0.250. The number of aryl methyl sites for hydroxylation is 1. The summed E-state index contributed by atoms with van der Waals surface area (Å²) in [5.74, 6) is 0.339. The Balaban J connectivity index is 1.85. The van der Waals surface area contributed by atoms with E-state index >= 15 is 0 Å². The van der Waals surface area contributed by atoms with Gasteiger partial charge in [-0.25, -0.2) is 8.78 Å². The highest BCUT2D eigenvalue weighted by atomic mass is 35.5. The zero-order chi connectivity index (χ0) is 18.7. The SMILES string of the molecule is Cc1nnc2n1-c1ccc(C3CC3)c(Cl)c1C(c1c(F)cccc1F)=NC2. The van der Waals surface area contributed by atoms with Gasteiger partial charge in [-0.05, 0) is 49.4 Å². The molecule has 2 heterocycles. The van der Waals surface area contributed by atoms with Crippen molar-refractivity contribution >= 4 is 17.3 Å². The lowest BCUT2D eigenvalue weighted by Gasteiger charge is -2.17. The minimum atomic E-state index is -0.665. The molecule has 4 nitrogen and oxygen atoms in total. The van der Waals surface area contributed by atoms with Crippen LogP contribution in [0.2, 0.25) is 5.02 Å². The molecule has 1 saturated carbocycles. The van der Waals surface area contributed by atoms with Gasteiger partial charge in [0.2, 0.25) is 0 Å². The average Bonchev–Trinajstić information content (AvgIpc) is 3.42. The maximum Gasteiger partial charge on any atom is 0.159 e. The second-order valence-electron chi connectivity index (χ2n) is 6.90. The van der Waals surface area contributed by atoms with Gasteiger partial charge in [0.25, 0.3) is 0 Å². The van der Waals surface area contributed by atoms with Crippen LogP contribution in [0.15, 0.2) is 35.3 Å². The van der Waals surface area contributed by atoms with Gasteiger partial charge < -0.3 is 0 Å². The summed E-state index contributed by atoms with van der Waals surface area (Å²) in [6, 6.07) is 7.72. The second kappa shape index (κ2) is 5.96. The van der Waals surface area contributed by atoms with Gasteiger partial charge in [0, 0.05) is 5.56 Å². The zero-order valence-corrected chi connectivity index (χ0v) is 15.3. The van der Waals surface area contributed by atoms with Gasteiger partial charge in [-0.1, -0.05) is 23.7 Å². The van der Waals surface area contributed by atoms with E-state index in [0.29, 0.717) is 33.8 Å². The summed E-state index contributed by atoms with van der Waals surface area (Å²) in [5.41, 5.74) is 2.28. The topological polar surface area (TPSA) is 43.1 Å². The van der Waals surface area contributed by atoms with E-state index in [-0.39, 0.29) is 17.8 Å². The molecule has 0 atom stereocenters. The number of rotatable bonds is 2. The van der Waals surface area contributed by atoms with E-state index in [1.165, 1.54) is 18.2 Å². The van der Waals surface area contributed by atoms with Crippen molar-refractivity contribution in [3.63, 3.8) is 0 Å². The van der Waals surface area contributed by atoms with Crippen LogP contribution < -0.4 is 0 Å². The summed E-state index contributed by atoms with van der Waals surface area (Å²) >= 11 is 6.79. The Hall–Kier alpha value is -2.60. The van der Waals surface area contributed by atoms with Crippen molar-refractivity contribution in [3.05, 3.63) is 75.3 Å². The molecule has 2 aliphatic rings. The van der Waals surface area contributed by atoms with Gasteiger partial charge in [-0.2, -0.15) is 0 Å². The van der Waals surface area contributed by atoms with Crippen LogP contribution in [0.4, 0.5) is 8.78 Å². The molecule has 0 radical (unpaired) electrons. The molecule has 0 spiro atoms. The first-order chi connectivity index (χ1) is 13.1. The predicted octanol–water partition coefficient (Wildman–Crippen LogP) is 4.74. The van der Waals surface area contributed by atoms with E-state index in [9.17, 15) is 8.78 Å². The summed E-state index contributed by atoms with van der Waals surface area (Å²) in [5, 5.41) is 8.78. The molecule has 5 rings (SSSR count). The standard InChI is InChI=1S/C20H15ClF2N4/c1-10-25-26-16-9-24-20(17-13(22)3-2-4-14(17)23)18-15(27(10)16)8-7-12(19(18)21)11-5-6-11/h2-4,7-8,11H,5-6,9H2,1H3. The molecule has 0 saturated heterocycles. The molecule has 27 heavy (non-hydrogen) atoms. The van der Waals surface area contributed by atoms with Crippen LogP contribution in [-0.2, 0) is 6.54 Å².